The molecule has 0 radical (unpaired) electrons. The van der Waals surface area contributed by atoms with Crippen molar-refractivity contribution in [3.8, 4) is 11.4 Å². The van der Waals surface area contributed by atoms with Crippen LogP contribution in [0.1, 0.15) is 41.2 Å². The van der Waals surface area contributed by atoms with Crippen molar-refractivity contribution in [1.82, 2.24) is 24.8 Å². The number of carbonyl (C=O) groups excluding carboxylic acids is 1. The number of nitrogens with two attached hydrogens (primary N) is 1. The molecule has 35 heavy (non-hydrogen) atoms. The summed E-state index contributed by atoms with van der Waals surface area (Å²) in [5, 5.41) is 0.690. The minimum Gasteiger partial charge on any atom is -0.396 e. The summed E-state index contributed by atoms with van der Waals surface area (Å²) in [6.45, 7) is 0.695. The van der Waals surface area contributed by atoms with Crippen molar-refractivity contribution in [3.63, 3.8) is 0 Å². The molecule has 1 atom stereocenters. The largest absolute Gasteiger partial charge is 0.396 e. The Bertz CT molecular complexity index is 1620. The van der Waals surface area contributed by atoms with Gasteiger partial charge in [0, 0.05) is 35.4 Å². The number of piperidine rings is 1. The Morgan fingerprint density at radius 2 is 1.91 bits per heavy atom. The number of nitrogens with one attached hydrogen (secondary N) is 2. The minimum absolute atomic E-state index is 0.000128. The van der Waals surface area contributed by atoms with E-state index in [0.717, 1.165) is 30.3 Å². The number of para-hydroxylation sites is 2. The molecule has 5 aromatic rings. The van der Waals surface area contributed by atoms with Crippen LogP contribution in [0.3, 0.4) is 0 Å². The molecule has 0 spiro atoms. The van der Waals surface area contributed by atoms with E-state index in [2.05, 4.69) is 19.9 Å². The average Bonchev–Trinajstić information content (AvgIpc) is 3.23. The van der Waals surface area contributed by atoms with Crippen molar-refractivity contribution in [3.05, 3.63) is 88.5 Å². The third-order valence-electron chi connectivity index (χ3n) is 6.75. The number of aromatic amines is 2. The smallest absolute Gasteiger partial charge is 0.276 e. The topological polar surface area (TPSA) is 121 Å². The van der Waals surface area contributed by atoms with E-state index in [4.69, 9.17) is 5.73 Å². The summed E-state index contributed by atoms with van der Waals surface area (Å²) in [7, 11) is 0. The first kappa shape index (κ1) is 21.1. The molecular weight excluding hydrogens is 440 g/mol. The zero-order chi connectivity index (χ0) is 23.9. The van der Waals surface area contributed by atoms with Gasteiger partial charge in [0.2, 0.25) is 0 Å². The van der Waals surface area contributed by atoms with Crippen LogP contribution in [0.15, 0.2) is 71.8 Å². The number of rotatable bonds is 3. The molecule has 0 aliphatic carbocycles. The van der Waals surface area contributed by atoms with Crippen LogP contribution in [0.2, 0.25) is 0 Å². The second kappa shape index (κ2) is 8.39. The summed E-state index contributed by atoms with van der Waals surface area (Å²) >= 11 is 0. The van der Waals surface area contributed by atoms with Crippen LogP contribution in [0.4, 0.5) is 5.69 Å². The first-order chi connectivity index (χ1) is 17.1. The molecule has 1 amide bonds. The van der Waals surface area contributed by atoms with Crippen LogP contribution in [0, 0.1) is 0 Å². The van der Waals surface area contributed by atoms with Crippen molar-refractivity contribution in [2.24, 2.45) is 0 Å². The van der Waals surface area contributed by atoms with E-state index >= 15 is 0 Å². The number of amides is 1. The summed E-state index contributed by atoms with van der Waals surface area (Å²) in [6.07, 6.45) is 6.53. The van der Waals surface area contributed by atoms with Gasteiger partial charge in [-0.05, 0) is 61.2 Å². The quantitative estimate of drug-likeness (QED) is 0.365. The molecule has 3 aromatic heterocycles. The summed E-state index contributed by atoms with van der Waals surface area (Å²) in [5.74, 6) is -0.0377. The fourth-order valence-electron chi connectivity index (χ4n) is 4.99. The average molecular weight is 465 g/mol. The van der Waals surface area contributed by atoms with Gasteiger partial charge in [0.25, 0.3) is 11.5 Å². The highest BCUT2D eigenvalue weighted by Crippen LogP contribution is 2.34. The molecule has 1 saturated heterocycles. The third kappa shape index (κ3) is 3.63. The minimum atomic E-state index is -0.328. The van der Waals surface area contributed by atoms with E-state index in [1.165, 1.54) is 0 Å². The lowest BCUT2D eigenvalue weighted by molar-refractivity contribution is 0.0611. The zero-order valence-corrected chi connectivity index (χ0v) is 19.0. The highest BCUT2D eigenvalue weighted by atomic mass is 16.2. The van der Waals surface area contributed by atoms with Crippen LogP contribution in [-0.4, -0.2) is 37.3 Å². The first-order valence-electron chi connectivity index (χ1n) is 11.7. The Morgan fingerprint density at radius 1 is 1.03 bits per heavy atom. The predicted molar refractivity (Wildman–Crippen MR) is 136 cm³/mol. The number of likely N-dealkylation sites (tertiary alicyclic amines) is 1. The first-order valence-corrected chi connectivity index (χ1v) is 11.7. The van der Waals surface area contributed by atoms with Gasteiger partial charge in [-0.1, -0.05) is 18.2 Å². The second-order valence-electron chi connectivity index (χ2n) is 8.90. The molecule has 1 unspecified atom stereocenters. The number of benzene rings is 2. The number of hydrogen-bond donors (Lipinski definition) is 3. The normalized spacial score (nSPS) is 16.1. The third-order valence-corrected chi connectivity index (χ3v) is 6.75. The maximum Gasteiger partial charge on any atom is 0.276 e. The van der Waals surface area contributed by atoms with Gasteiger partial charge in [0.1, 0.15) is 0 Å². The molecule has 4 heterocycles. The number of aromatic nitrogens is 4. The molecule has 0 bridgehead atoms. The Kier molecular flexibility index (Phi) is 5.06. The number of carbonyl (C=O) groups is 1. The lowest BCUT2D eigenvalue weighted by Crippen LogP contribution is -2.38. The molecule has 1 fully saturated rings. The van der Waals surface area contributed by atoms with Crippen LogP contribution in [0.5, 0.6) is 0 Å². The number of nitrogen functional groups attached to an aromatic ring is 1. The summed E-state index contributed by atoms with van der Waals surface area (Å²) in [4.78, 5) is 43.2. The molecule has 4 N–H and O–H groups in total. The van der Waals surface area contributed by atoms with E-state index in [0.29, 0.717) is 39.9 Å². The van der Waals surface area contributed by atoms with Gasteiger partial charge < -0.3 is 20.6 Å². The molecule has 1 aliphatic heterocycles. The van der Waals surface area contributed by atoms with Crippen molar-refractivity contribution >= 4 is 33.5 Å². The van der Waals surface area contributed by atoms with Crippen molar-refractivity contribution in [1.29, 1.82) is 0 Å². The van der Waals surface area contributed by atoms with Gasteiger partial charge in [-0.25, -0.2) is 4.98 Å². The van der Waals surface area contributed by atoms with Crippen LogP contribution >= 0.6 is 0 Å². The van der Waals surface area contributed by atoms with E-state index < -0.39 is 0 Å². The number of H-pyrrole nitrogens is 2. The maximum atomic E-state index is 13.6. The van der Waals surface area contributed by atoms with E-state index in [1.54, 1.807) is 24.4 Å². The molecule has 8 nitrogen and oxygen atoms in total. The van der Waals surface area contributed by atoms with E-state index in [1.807, 2.05) is 47.5 Å². The number of anilines is 1. The fourth-order valence-corrected chi connectivity index (χ4v) is 4.99. The standard InChI is InChI=1S/C27H24N6O2/c28-23-18-14-16(27(35)33-13-4-3-9-22(33)17-6-5-12-29-15-17)10-11-19(18)30-24(23)25-26(34)32-21-8-2-1-7-20(21)31-25/h1-2,5-8,10-12,14-15,22,30H,3-4,9,13,28H2,(H,32,34). The number of nitrogens with zero attached hydrogens (tertiary/aromatic N) is 3. The van der Waals surface area contributed by atoms with Crippen molar-refractivity contribution in [2.45, 2.75) is 25.3 Å². The highest BCUT2D eigenvalue weighted by molar-refractivity contribution is 6.04. The molecule has 6 rings (SSSR count). The molecule has 174 valence electrons. The van der Waals surface area contributed by atoms with E-state index in [-0.39, 0.29) is 23.2 Å². The van der Waals surface area contributed by atoms with Gasteiger partial charge in [-0.2, -0.15) is 0 Å². The molecule has 8 heteroatoms. The number of pyridine rings is 1. The summed E-state index contributed by atoms with van der Waals surface area (Å²) in [5.41, 5.74) is 10.9. The van der Waals surface area contributed by atoms with Crippen molar-refractivity contribution < 1.29 is 4.79 Å². The Hall–Kier alpha value is -4.46. The van der Waals surface area contributed by atoms with Crippen LogP contribution in [-0.2, 0) is 0 Å². The number of fused-ring (bicyclic) bond motifs is 2. The Balaban J connectivity index is 1.39. The molecular formula is C27H24N6O2. The highest BCUT2D eigenvalue weighted by Gasteiger charge is 2.29. The zero-order valence-electron chi connectivity index (χ0n) is 19.0. The number of hydrogen-bond acceptors (Lipinski definition) is 5. The van der Waals surface area contributed by atoms with E-state index in [9.17, 15) is 9.59 Å². The Morgan fingerprint density at radius 3 is 2.77 bits per heavy atom. The molecule has 1 aliphatic rings. The maximum absolute atomic E-state index is 13.6. The fraction of sp³-hybridized carbons (Fsp3) is 0.185. The van der Waals surface area contributed by atoms with Gasteiger partial charge in [-0.3, -0.25) is 14.6 Å². The van der Waals surface area contributed by atoms with Gasteiger partial charge in [0.05, 0.1) is 28.5 Å². The van der Waals surface area contributed by atoms with Crippen molar-refractivity contribution in [2.75, 3.05) is 12.3 Å². The molecule has 0 saturated carbocycles. The lowest BCUT2D eigenvalue weighted by atomic mass is 9.95. The molecule has 2 aromatic carbocycles. The summed E-state index contributed by atoms with van der Waals surface area (Å²) < 4.78 is 0. The monoisotopic (exact) mass is 464 g/mol. The van der Waals surface area contributed by atoms with Gasteiger partial charge >= 0.3 is 0 Å². The second-order valence-corrected chi connectivity index (χ2v) is 8.90. The van der Waals surface area contributed by atoms with Crippen LogP contribution in [0.25, 0.3) is 33.3 Å². The van der Waals surface area contributed by atoms with Gasteiger partial charge in [-0.15, -0.1) is 0 Å². The van der Waals surface area contributed by atoms with Crippen LogP contribution < -0.4 is 11.3 Å². The lowest BCUT2D eigenvalue weighted by Gasteiger charge is -2.36. The SMILES string of the molecule is Nc1c(-c2nc3ccccc3[nH]c2=O)[nH]c2ccc(C(=O)N3CCCCC3c3cccnc3)cc12. The summed E-state index contributed by atoms with van der Waals surface area (Å²) in [6, 6.07) is 16.7. The van der Waals surface area contributed by atoms with Gasteiger partial charge in [0.15, 0.2) is 5.69 Å². The Labute approximate surface area is 200 Å². The predicted octanol–water partition coefficient (Wildman–Crippen LogP) is 4.42.